The molecule has 1 amide bonds. The Bertz CT molecular complexity index is 905. The Labute approximate surface area is 148 Å². The Hall–Kier alpha value is -2.93. The molecule has 128 valence electrons. The van der Waals surface area contributed by atoms with Crippen molar-refractivity contribution in [2.45, 2.75) is 20.1 Å². The van der Waals surface area contributed by atoms with Gasteiger partial charge in [0, 0.05) is 23.3 Å². The summed E-state index contributed by atoms with van der Waals surface area (Å²) in [4.78, 5) is 28.2. The van der Waals surface area contributed by atoms with E-state index in [0.29, 0.717) is 17.4 Å². The maximum Gasteiger partial charge on any atom is 0.246 e. The van der Waals surface area contributed by atoms with Gasteiger partial charge in [-0.15, -0.1) is 11.3 Å². The molecule has 0 unspecified atom stereocenters. The molecule has 0 fully saturated rings. The normalized spacial score (nSPS) is 10.4. The van der Waals surface area contributed by atoms with Crippen LogP contribution in [0, 0.1) is 6.92 Å². The van der Waals surface area contributed by atoms with Crippen molar-refractivity contribution < 1.29 is 9.53 Å². The van der Waals surface area contributed by atoms with Gasteiger partial charge in [-0.2, -0.15) is 0 Å². The second-order valence-corrected chi connectivity index (χ2v) is 6.33. The van der Waals surface area contributed by atoms with Crippen LogP contribution in [0.1, 0.15) is 11.3 Å². The molecule has 0 aliphatic heterocycles. The lowest BCUT2D eigenvalue weighted by molar-refractivity contribution is -0.116. The molecule has 3 aromatic rings. The van der Waals surface area contributed by atoms with E-state index in [-0.39, 0.29) is 23.6 Å². The van der Waals surface area contributed by atoms with Crippen molar-refractivity contribution in [1.29, 1.82) is 0 Å². The number of pyridine rings is 1. The number of hydrogen-bond donors (Lipinski definition) is 1. The largest absolute Gasteiger partial charge is 0.483 e. The van der Waals surface area contributed by atoms with Crippen molar-refractivity contribution in [2.24, 2.45) is 0 Å². The summed E-state index contributed by atoms with van der Waals surface area (Å²) in [6.45, 7) is 2.15. The van der Waals surface area contributed by atoms with Gasteiger partial charge in [-0.05, 0) is 12.5 Å². The fourth-order valence-corrected chi connectivity index (χ4v) is 2.81. The molecule has 0 saturated carbocycles. The van der Waals surface area contributed by atoms with Crippen molar-refractivity contribution in [3.05, 3.63) is 75.7 Å². The molecule has 1 aromatic carbocycles. The van der Waals surface area contributed by atoms with Crippen molar-refractivity contribution in [3.63, 3.8) is 0 Å². The molecule has 1 N–H and O–H groups in total. The maximum atomic E-state index is 12.1. The van der Waals surface area contributed by atoms with E-state index < -0.39 is 0 Å². The number of thiazole rings is 1. The predicted octanol–water partition coefficient (Wildman–Crippen LogP) is 2.83. The van der Waals surface area contributed by atoms with E-state index in [2.05, 4.69) is 10.3 Å². The third-order valence-corrected chi connectivity index (χ3v) is 4.23. The van der Waals surface area contributed by atoms with E-state index >= 15 is 0 Å². The molecule has 0 spiro atoms. The molecule has 2 aromatic heterocycles. The van der Waals surface area contributed by atoms with Gasteiger partial charge in [0.2, 0.25) is 11.3 Å². The van der Waals surface area contributed by atoms with Gasteiger partial charge in [0.15, 0.2) is 10.9 Å². The Balaban J connectivity index is 1.71. The number of carbonyl (C=O) groups excluding carboxylic acids is 1. The molecule has 25 heavy (non-hydrogen) atoms. The number of aryl methyl sites for hydroxylation is 1. The van der Waals surface area contributed by atoms with Crippen LogP contribution in [0.4, 0.5) is 5.13 Å². The van der Waals surface area contributed by atoms with Gasteiger partial charge in [-0.25, -0.2) is 4.98 Å². The zero-order valence-electron chi connectivity index (χ0n) is 13.6. The number of nitrogens with one attached hydrogen (secondary N) is 1. The molecule has 0 aliphatic rings. The van der Waals surface area contributed by atoms with Crippen molar-refractivity contribution in [3.8, 4) is 5.75 Å². The molecule has 0 saturated heterocycles. The fourth-order valence-electron chi connectivity index (χ4n) is 2.26. The van der Waals surface area contributed by atoms with E-state index in [1.54, 1.807) is 29.3 Å². The minimum atomic E-state index is -0.212. The van der Waals surface area contributed by atoms with Crippen LogP contribution >= 0.6 is 11.3 Å². The standard InChI is InChI=1S/C18H17N3O3S/c1-13-9-15(22)16(24-12-14-5-3-2-4-6-14)10-21(13)11-17(23)20-18-19-7-8-25-18/h2-10H,11-12H2,1H3,(H,19,20,23). The second kappa shape index (κ2) is 7.76. The summed E-state index contributed by atoms with van der Waals surface area (Å²) >= 11 is 1.35. The highest BCUT2D eigenvalue weighted by atomic mass is 32.1. The summed E-state index contributed by atoms with van der Waals surface area (Å²) in [5.41, 5.74) is 1.45. The number of rotatable bonds is 6. The fraction of sp³-hybridized carbons (Fsp3) is 0.167. The van der Waals surface area contributed by atoms with Gasteiger partial charge >= 0.3 is 0 Å². The first-order valence-electron chi connectivity index (χ1n) is 7.69. The average Bonchev–Trinajstić information content (AvgIpc) is 3.10. The minimum Gasteiger partial charge on any atom is -0.483 e. The highest BCUT2D eigenvalue weighted by molar-refractivity contribution is 7.13. The third-order valence-electron chi connectivity index (χ3n) is 3.54. The van der Waals surface area contributed by atoms with E-state index in [9.17, 15) is 9.59 Å². The van der Waals surface area contributed by atoms with Crippen molar-refractivity contribution >= 4 is 22.4 Å². The van der Waals surface area contributed by atoms with Gasteiger partial charge in [-0.1, -0.05) is 30.3 Å². The molecule has 3 rings (SSSR count). The van der Waals surface area contributed by atoms with Gasteiger partial charge < -0.3 is 14.6 Å². The Morgan fingerprint density at radius 1 is 1.32 bits per heavy atom. The molecule has 2 heterocycles. The van der Waals surface area contributed by atoms with Gasteiger partial charge in [0.1, 0.15) is 13.2 Å². The van der Waals surface area contributed by atoms with Gasteiger partial charge in [0.05, 0.1) is 6.20 Å². The first-order valence-corrected chi connectivity index (χ1v) is 8.57. The monoisotopic (exact) mass is 355 g/mol. The Kier molecular flexibility index (Phi) is 5.25. The van der Waals surface area contributed by atoms with Crippen molar-refractivity contribution in [1.82, 2.24) is 9.55 Å². The Morgan fingerprint density at radius 3 is 2.84 bits per heavy atom. The van der Waals surface area contributed by atoms with Crippen LogP contribution in [0.3, 0.4) is 0 Å². The number of amides is 1. The first kappa shape index (κ1) is 16.9. The lowest BCUT2D eigenvalue weighted by Crippen LogP contribution is -2.22. The highest BCUT2D eigenvalue weighted by Crippen LogP contribution is 2.12. The quantitative estimate of drug-likeness (QED) is 0.738. The number of anilines is 1. The molecule has 0 bridgehead atoms. The van der Waals surface area contributed by atoms with Crippen LogP contribution < -0.4 is 15.5 Å². The van der Waals surface area contributed by atoms with Crippen LogP contribution in [0.5, 0.6) is 5.75 Å². The highest BCUT2D eigenvalue weighted by Gasteiger charge is 2.10. The smallest absolute Gasteiger partial charge is 0.246 e. The van der Waals surface area contributed by atoms with Crippen LogP contribution in [0.15, 0.2) is 59.0 Å². The number of aromatic nitrogens is 2. The lowest BCUT2D eigenvalue weighted by atomic mass is 10.2. The molecular formula is C18H17N3O3S. The summed E-state index contributed by atoms with van der Waals surface area (Å²) in [6, 6.07) is 11.1. The lowest BCUT2D eigenvalue weighted by Gasteiger charge is -2.13. The van der Waals surface area contributed by atoms with E-state index in [1.165, 1.54) is 17.4 Å². The maximum absolute atomic E-state index is 12.1. The summed E-state index contributed by atoms with van der Waals surface area (Å²) in [5.74, 6) is 0.00668. The summed E-state index contributed by atoms with van der Waals surface area (Å²) < 4.78 is 7.32. The van der Waals surface area contributed by atoms with E-state index in [4.69, 9.17) is 4.74 Å². The number of benzene rings is 1. The Morgan fingerprint density at radius 2 is 2.12 bits per heavy atom. The predicted molar refractivity (Wildman–Crippen MR) is 97.0 cm³/mol. The third kappa shape index (κ3) is 4.54. The second-order valence-electron chi connectivity index (χ2n) is 5.43. The van der Waals surface area contributed by atoms with Crippen LogP contribution in [0.25, 0.3) is 0 Å². The number of carbonyl (C=O) groups is 1. The molecular weight excluding hydrogens is 338 g/mol. The molecule has 7 heteroatoms. The summed E-state index contributed by atoms with van der Waals surface area (Å²) in [6.07, 6.45) is 3.20. The van der Waals surface area contributed by atoms with Crippen LogP contribution in [-0.4, -0.2) is 15.5 Å². The zero-order valence-corrected chi connectivity index (χ0v) is 14.5. The topological polar surface area (TPSA) is 73.2 Å². The zero-order chi connectivity index (χ0) is 17.6. The molecule has 0 aliphatic carbocycles. The van der Waals surface area contributed by atoms with Crippen molar-refractivity contribution in [2.75, 3.05) is 5.32 Å². The van der Waals surface area contributed by atoms with Crippen LogP contribution in [0.2, 0.25) is 0 Å². The van der Waals surface area contributed by atoms with E-state index in [1.807, 2.05) is 30.3 Å². The van der Waals surface area contributed by atoms with Gasteiger partial charge in [0.25, 0.3) is 0 Å². The molecule has 6 nitrogen and oxygen atoms in total. The van der Waals surface area contributed by atoms with Crippen LogP contribution in [-0.2, 0) is 17.9 Å². The minimum absolute atomic E-state index is 0.0768. The number of ether oxygens (including phenoxy) is 1. The first-order chi connectivity index (χ1) is 12.1. The average molecular weight is 355 g/mol. The van der Waals surface area contributed by atoms with E-state index in [0.717, 1.165) is 5.56 Å². The van der Waals surface area contributed by atoms with Gasteiger partial charge in [-0.3, -0.25) is 9.59 Å². The summed E-state index contributed by atoms with van der Waals surface area (Å²) in [7, 11) is 0. The SMILES string of the molecule is Cc1cc(=O)c(OCc2ccccc2)cn1CC(=O)Nc1nccs1. The number of hydrogen-bond acceptors (Lipinski definition) is 5. The number of nitrogens with zero attached hydrogens (tertiary/aromatic N) is 2. The molecule has 0 atom stereocenters. The molecule has 0 radical (unpaired) electrons. The summed E-state index contributed by atoms with van der Waals surface area (Å²) in [5, 5.41) is 5.05.